The summed E-state index contributed by atoms with van der Waals surface area (Å²) in [4.78, 5) is 12.0. The van der Waals surface area contributed by atoms with Crippen LogP contribution in [-0.2, 0) is 4.74 Å². The quantitative estimate of drug-likeness (QED) is 0.389. The van der Waals surface area contributed by atoms with Gasteiger partial charge in [-0.1, -0.05) is 0 Å². The second kappa shape index (κ2) is 5.23. The molecule has 0 aliphatic carbocycles. The van der Waals surface area contributed by atoms with Crippen LogP contribution in [0.1, 0.15) is 13.2 Å². The number of hydrogen-bond acceptors (Lipinski definition) is 8. The van der Waals surface area contributed by atoms with Crippen LogP contribution in [0, 0.1) is 0 Å². The van der Waals surface area contributed by atoms with Crippen molar-refractivity contribution in [2.45, 2.75) is 31.0 Å². The molecule has 1 saturated heterocycles. The van der Waals surface area contributed by atoms with Crippen molar-refractivity contribution < 1.29 is 20.1 Å². The van der Waals surface area contributed by atoms with Gasteiger partial charge < -0.3 is 25.8 Å². The standard InChI is InChI=1S/C15H17N5O5/c1-15(24)12(22)10(5-21)25-14(15)20-4-7-8(16)2-6-11(7)9(19-20)3-17-18-13(6)23/h2-4,10,12,14,21-22,24H,5,16H2,1H3,(H,18,23). The van der Waals surface area contributed by atoms with Crippen LogP contribution < -0.4 is 11.3 Å². The van der Waals surface area contributed by atoms with E-state index >= 15 is 0 Å². The molecule has 4 rings (SSSR count). The number of aromatic nitrogens is 4. The highest BCUT2D eigenvalue weighted by atomic mass is 16.6. The second-order valence-electron chi connectivity index (χ2n) is 6.38. The van der Waals surface area contributed by atoms with Gasteiger partial charge in [0, 0.05) is 22.7 Å². The summed E-state index contributed by atoms with van der Waals surface area (Å²) < 4.78 is 6.89. The Morgan fingerprint density at radius 1 is 1.48 bits per heavy atom. The second-order valence-corrected chi connectivity index (χ2v) is 6.38. The van der Waals surface area contributed by atoms with E-state index in [1.807, 2.05) is 0 Å². The fourth-order valence-corrected chi connectivity index (χ4v) is 3.32. The molecule has 10 nitrogen and oxygen atoms in total. The fourth-order valence-electron chi connectivity index (χ4n) is 3.32. The lowest BCUT2D eigenvalue weighted by molar-refractivity contribution is -0.102. The molecule has 0 saturated carbocycles. The van der Waals surface area contributed by atoms with Crippen molar-refractivity contribution in [2.24, 2.45) is 0 Å². The van der Waals surface area contributed by atoms with Crippen molar-refractivity contribution in [3.63, 3.8) is 0 Å². The lowest BCUT2D eigenvalue weighted by atomic mass is 9.97. The van der Waals surface area contributed by atoms with Gasteiger partial charge in [-0.15, -0.1) is 0 Å². The van der Waals surface area contributed by atoms with Gasteiger partial charge >= 0.3 is 0 Å². The minimum Gasteiger partial charge on any atom is -0.398 e. The van der Waals surface area contributed by atoms with E-state index in [2.05, 4.69) is 15.3 Å². The summed E-state index contributed by atoms with van der Waals surface area (Å²) in [6, 6.07) is 1.53. The van der Waals surface area contributed by atoms with Crippen LogP contribution in [0.2, 0.25) is 0 Å². The first-order valence-electron chi connectivity index (χ1n) is 7.66. The minimum atomic E-state index is -1.69. The Morgan fingerprint density at radius 2 is 2.24 bits per heavy atom. The summed E-state index contributed by atoms with van der Waals surface area (Å²) >= 11 is 0. The Kier molecular flexibility index (Phi) is 3.34. The molecule has 25 heavy (non-hydrogen) atoms. The Balaban J connectivity index is 1.98. The SMILES string of the molecule is CC1(O)C(O)C(CO)OC1n1cc2c(N)cc3c(=O)[nH]ncc(n1)c23. The Bertz CT molecular complexity index is 1030. The summed E-state index contributed by atoms with van der Waals surface area (Å²) in [5.41, 5.74) is 4.67. The maximum absolute atomic E-state index is 12.0. The van der Waals surface area contributed by atoms with Crippen LogP contribution in [0.5, 0.6) is 0 Å². The normalized spacial score (nSPS) is 29.7. The molecule has 3 aromatic rings. The topological polar surface area (TPSA) is 160 Å². The van der Waals surface area contributed by atoms with Crippen LogP contribution >= 0.6 is 0 Å². The number of hydrogen-bond donors (Lipinski definition) is 5. The molecule has 1 aliphatic rings. The van der Waals surface area contributed by atoms with E-state index in [4.69, 9.17) is 10.5 Å². The molecule has 1 aromatic carbocycles. The summed E-state index contributed by atoms with van der Waals surface area (Å²) in [5, 5.41) is 42.1. The van der Waals surface area contributed by atoms with E-state index < -0.39 is 36.2 Å². The maximum atomic E-state index is 12.0. The van der Waals surface area contributed by atoms with E-state index in [-0.39, 0.29) is 0 Å². The average molecular weight is 347 g/mol. The van der Waals surface area contributed by atoms with E-state index in [0.717, 1.165) is 0 Å². The Hall–Kier alpha value is -2.53. The molecule has 4 unspecified atom stereocenters. The number of nitrogen functional groups attached to an aromatic ring is 1. The highest BCUT2D eigenvalue weighted by Crippen LogP contribution is 2.39. The molecule has 3 heterocycles. The first kappa shape index (κ1) is 16.0. The molecule has 132 valence electrons. The average Bonchev–Trinajstić information content (AvgIpc) is 2.96. The summed E-state index contributed by atoms with van der Waals surface area (Å²) in [6.45, 7) is 0.944. The van der Waals surface area contributed by atoms with Crippen molar-refractivity contribution in [1.82, 2.24) is 20.0 Å². The predicted octanol–water partition coefficient (Wildman–Crippen LogP) is -1.14. The number of ether oxygens (including phenoxy) is 1. The van der Waals surface area contributed by atoms with Crippen molar-refractivity contribution in [3.05, 3.63) is 28.8 Å². The highest BCUT2D eigenvalue weighted by molar-refractivity contribution is 6.14. The lowest BCUT2D eigenvalue weighted by Gasteiger charge is -2.27. The van der Waals surface area contributed by atoms with Gasteiger partial charge in [-0.25, -0.2) is 9.78 Å². The van der Waals surface area contributed by atoms with Crippen LogP contribution in [0.25, 0.3) is 21.7 Å². The van der Waals surface area contributed by atoms with Crippen molar-refractivity contribution >= 4 is 27.4 Å². The largest absolute Gasteiger partial charge is 0.398 e. The molecule has 0 radical (unpaired) electrons. The van der Waals surface area contributed by atoms with E-state index in [0.29, 0.717) is 27.4 Å². The summed E-state index contributed by atoms with van der Waals surface area (Å²) in [7, 11) is 0. The molecule has 0 amide bonds. The van der Waals surface area contributed by atoms with Crippen LogP contribution in [-0.4, -0.2) is 59.7 Å². The monoisotopic (exact) mass is 347 g/mol. The molecular formula is C15H17N5O5. The third-order valence-corrected chi connectivity index (χ3v) is 4.66. The molecule has 0 bridgehead atoms. The zero-order valence-corrected chi connectivity index (χ0v) is 13.2. The first-order valence-corrected chi connectivity index (χ1v) is 7.66. The molecule has 0 spiro atoms. The predicted molar refractivity (Wildman–Crippen MR) is 87.7 cm³/mol. The van der Waals surface area contributed by atoms with Gasteiger partial charge in [-0.05, 0) is 13.0 Å². The van der Waals surface area contributed by atoms with Crippen LogP contribution in [0.15, 0.2) is 23.3 Å². The zero-order valence-electron chi connectivity index (χ0n) is 13.2. The molecule has 1 aliphatic heterocycles. The third kappa shape index (κ3) is 2.15. The van der Waals surface area contributed by atoms with Gasteiger partial charge in [-0.3, -0.25) is 4.79 Å². The lowest BCUT2D eigenvalue weighted by Crippen LogP contribution is -2.44. The number of aliphatic hydroxyl groups is 3. The molecule has 4 atom stereocenters. The van der Waals surface area contributed by atoms with Gasteiger partial charge in [0.1, 0.15) is 23.3 Å². The summed E-state index contributed by atoms with van der Waals surface area (Å²) in [5.74, 6) is 0. The number of aromatic amines is 1. The molecular weight excluding hydrogens is 330 g/mol. The van der Waals surface area contributed by atoms with E-state index in [1.165, 1.54) is 30.1 Å². The number of rotatable bonds is 2. The highest BCUT2D eigenvalue weighted by Gasteiger charge is 2.53. The van der Waals surface area contributed by atoms with Gasteiger partial charge in [0.25, 0.3) is 5.56 Å². The number of nitrogens with two attached hydrogens (primary N) is 1. The van der Waals surface area contributed by atoms with Crippen LogP contribution in [0.3, 0.4) is 0 Å². The van der Waals surface area contributed by atoms with E-state index in [9.17, 15) is 20.1 Å². The number of anilines is 1. The number of nitrogens with one attached hydrogen (secondary N) is 1. The van der Waals surface area contributed by atoms with Gasteiger partial charge in [0.15, 0.2) is 6.23 Å². The third-order valence-electron chi connectivity index (χ3n) is 4.66. The van der Waals surface area contributed by atoms with Crippen LogP contribution in [0.4, 0.5) is 5.69 Å². The maximum Gasteiger partial charge on any atom is 0.272 e. The van der Waals surface area contributed by atoms with Crippen molar-refractivity contribution in [2.75, 3.05) is 12.3 Å². The van der Waals surface area contributed by atoms with Crippen molar-refractivity contribution in [3.8, 4) is 0 Å². The zero-order chi connectivity index (χ0) is 17.9. The van der Waals surface area contributed by atoms with Gasteiger partial charge in [-0.2, -0.15) is 10.2 Å². The fraction of sp³-hybridized carbons (Fsp3) is 0.400. The van der Waals surface area contributed by atoms with Gasteiger partial charge in [0.05, 0.1) is 18.2 Å². The molecule has 10 heteroatoms. The van der Waals surface area contributed by atoms with Gasteiger partial charge in [0.2, 0.25) is 0 Å². The van der Waals surface area contributed by atoms with E-state index in [1.54, 1.807) is 0 Å². The number of nitrogens with zero attached hydrogens (tertiary/aromatic N) is 3. The number of H-pyrrole nitrogens is 1. The number of aliphatic hydroxyl groups excluding tert-OH is 2. The molecule has 6 N–H and O–H groups in total. The Labute approximate surface area is 140 Å². The smallest absolute Gasteiger partial charge is 0.272 e. The molecule has 1 fully saturated rings. The summed E-state index contributed by atoms with van der Waals surface area (Å²) in [6.07, 6.45) is -0.394. The first-order chi connectivity index (χ1) is 11.8. The Morgan fingerprint density at radius 3 is 2.92 bits per heavy atom. The van der Waals surface area contributed by atoms with Crippen molar-refractivity contribution in [1.29, 1.82) is 0 Å². The molecule has 2 aromatic heterocycles. The minimum absolute atomic E-state index is 0.354.